The maximum absolute atomic E-state index is 11.9. The SMILES string of the molecule is Cc1n[nH]c(C)c1C(=O)NCCOCCN(C)C. The molecule has 0 aliphatic rings. The fourth-order valence-electron chi connectivity index (χ4n) is 1.56. The first-order chi connectivity index (χ1) is 8.52. The third-order valence-electron chi connectivity index (χ3n) is 2.57. The molecule has 0 atom stereocenters. The number of aromatic amines is 1. The van der Waals surface area contributed by atoms with E-state index in [9.17, 15) is 4.79 Å². The number of carbonyl (C=O) groups is 1. The molecule has 0 aromatic carbocycles. The summed E-state index contributed by atoms with van der Waals surface area (Å²) in [6.45, 7) is 6.24. The Morgan fingerprint density at radius 1 is 1.39 bits per heavy atom. The van der Waals surface area contributed by atoms with Crippen molar-refractivity contribution in [3.8, 4) is 0 Å². The van der Waals surface area contributed by atoms with E-state index in [1.807, 2.05) is 27.9 Å². The topological polar surface area (TPSA) is 70.2 Å². The van der Waals surface area contributed by atoms with Gasteiger partial charge in [0.1, 0.15) is 0 Å². The van der Waals surface area contributed by atoms with Crippen LogP contribution < -0.4 is 5.32 Å². The van der Waals surface area contributed by atoms with Gasteiger partial charge in [-0.05, 0) is 27.9 Å². The number of ether oxygens (including phenoxy) is 1. The molecule has 0 spiro atoms. The quantitative estimate of drug-likeness (QED) is 0.688. The molecule has 6 heteroatoms. The summed E-state index contributed by atoms with van der Waals surface area (Å²) in [5.74, 6) is -0.102. The molecule has 1 rings (SSSR count). The van der Waals surface area contributed by atoms with Crippen LogP contribution in [-0.2, 0) is 4.74 Å². The third kappa shape index (κ3) is 4.46. The Hall–Kier alpha value is -1.40. The predicted molar refractivity (Wildman–Crippen MR) is 69.8 cm³/mol. The van der Waals surface area contributed by atoms with Crippen molar-refractivity contribution in [1.82, 2.24) is 20.4 Å². The Kier molecular flexibility index (Phi) is 5.80. The second-order valence-electron chi connectivity index (χ2n) is 4.48. The molecule has 102 valence electrons. The number of likely N-dealkylation sites (N-methyl/N-ethyl adjacent to an activating group) is 1. The summed E-state index contributed by atoms with van der Waals surface area (Å²) in [4.78, 5) is 13.9. The minimum absolute atomic E-state index is 0.102. The molecule has 6 nitrogen and oxygen atoms in total. The van der Waals surface area contributed by atoms with Gasteiger partial charge in [0.15, 0.2) is 0 Å². The molecule has 2 N–H and O–H groups in total. The van der Waals surface area contributed by atoms with Crippen LogP contribution in [0.1, 0.15) is 21.7 Å². The molecule has 1 aromatic rings. The Morgan fingerprint density at radius 3 is 2.67 bits per heavy atom. The number of aromatic nitrogens is 2. The zero-order chi connectivity index (χ0) is 13.5. The first-order valence-electron chi connectivity index (χ1n) is 6.04. The zero-order valence-corrected chi connectivity index (χ0v) is 11.5. The zero-order valence-electron chi connectivity index (χ0n) is 11.5. The van der Waals surface area contributed by atoms with E-state index in [4.69, 9.17) is 4.74 Å². The molecule has 0 unspecified atom stereocenters. The van der Waals surface area contributed by atoms with E-state index in [0.29, 0.717) is 25.3 Å². The molecule has 0 saturated heterocycles. The van der Waals surface area contributed by atoms with E-state index in [-0.39, 0.29) is 5.91 Å². The minimum atomic E-state index is -0.102. The number of hydrogen-bond donors (Lipinski definition) is 2. The van der Waals surface area contributed by atoms with E-state index < -0.39 is 0 Å². The molecule has 0 bridgehead atoms. The first kappa shape index (κ1) is 14.7. The van der Waals surface area contributed by atoms with Crippen LogP contribution in [0, 0.1) is 13.8 Å². The second-order valence-corrected chi connectivity index (χ2v) is 4.48. The summed E-state index contributed by atoms with van der Waals surface area (Å²) in [7, 11) is 3.99. The van der Waals surface area contributed by atoms with Gasteiger partial charge < -0.3 is 15.0 Å². The molecular weight excluding hydrogens is 232 g/mol. The molecule has 0 aliphatic heterocycles. The van der Waals surface area contributed by atoms with Crippen molar-refractivity contribution in [2.24, 2.45) is 0 Å². The van der Waals surface area contributed by atoms with Gasteiger partial charge >= 0.3 is 0 Å². The van der Waals surface area contributed by atoms with Gasteiger partial charge in [0.2, 0.25) is 0 Å². The average Bonchev–Trinajstić information content (AvgIpc) is 2.63. The summed E-state index contributed by atoms with van der Waals surface area (Å²) >= 11 is 0. The Balaban J connectivity index is 2.22. The molecular formula is C12H22N4O2. The van der Waals surface area contributed by atoms with Gasteiger partial charge in [-0.1, -0.05) is 0 Å². The Bertz CT molecular complexity index is 368. The number of amides is 1. The largest absolute Gasteiger partial charge is 0.378 e. The van der Waals surface area contributed by atoms with Gasteiger partial charge in [-0.3, -0.25) is 9.89 Å². The molecule has 1 amide bonds. The molecule has 1 aromatic heterocycles. The number of aryl methyl sites for hydroxylation is 2. The summed E-state index contributed by atoms with van der Waals surface area (Å²) in [6, 6.07) is 0. The van der Waals surface area contributed by atoms with Crippen LogP contribution in [0.5, 0.6) is 0 Å². The minimum Gasteiger partial charge on any atom is -0.378 e. The van der Waals surface area contributed by atoms with Crippen molar-refractivity contribution in [3.63, 3.8) is 0 Å². The first-order valence-corrected chi connectivity index (χ1v) is 6.04. The fourth-order valence-corrected chi connectivity index (χ4v) is 1.56. The van der Waals surface area contributed by atoms with Crippen molar-refractivity contribution in [1.29, 1.82) is 0 Å². The highest BCUT2D eigenvalue weighted by atomic mass is 16.5. The van der Waals surface area contributed by atoms with Gasteiger partial charge in [-0.15, -0.1) is 0 Å². The number of rotatable bonds is 7. The summed E-state index contributed by atoms with van der Waals surface area (Å²) in [5, 5.41) is 9.60. The van der Waals surface area contributed by atoms with Gasteiger partial charge in [0, 0.05) is 18.8 Å². The lowest BCUT2D eigenvalue weighted by molar-refractivity contribution is 0.0899. The number of hydrogen-bond acceptors (Lipinski definition) is 4. The lowest BCUT2D eigenvalue weighted by Crippen LogP contribution is -2.29. The second kappa shape index (κ2) is 7.13. The molecule has 1 heterocycles. The Morgan fingerprint density at radius 2 is 2.11 bits per heavy atom. The number of H-pyrrole nitrogens is 1. The summed E-state index contributed by atoms with van der Waals surface area (Å²) in [5.41, 5.74) is 2.14. The van der Waals surface area contributed by atoms with E-state index >= 15 is 0 Å². The standard InChI is InChI=1S/C12H22N4O2/c1-9-11(10(2)15-14-9)12(17)13-5-7-18-8-6-16(3)4/h5-8H2,1-4H3,(H,13,17)(H,14,15). The van der Waals surface area contributed by atoms with Crippen LogP contribution in [0.25, 0.3) is 0 Å². The van der Waals surface area contributed by atoms with E-state index in [1.54, 1.807) is 0 Å². The van der Waals surface area contributed by atoms with Crippen molar-refractivity contribution >= 4 is 5.91 Å². The van der Waals surface area contributed by atoms with Crippen LogP contribution in [0.2, 0.25) is 0 Å². The predicted octanol–water partition coefficient (Wildman–Crippen LogP) is 0.335. The number of nitrogens with one attached hydrogen (secondary N) is 2. The Labute approximate surface area is 108 Å². The van der Waals surface area contributed by atoms with Crippen LogP contribution in [0.15, 0.2) is 0 Å². The summed E-state index contributed by atoms with van der Waals surface area (Å²) < 4.78 is 5.39. The average molecular weight is 254 g/mol. The van der Waals surface area contributed by atoms with Crippen LogP contribution in [-0.4, -0.2) is 61.4 Å². The lowest BCUT2D eigenvalue weighted by atomic mass is 10.2. The van der Waals surface area contributed by atoms with Crippen molar-refractivity contribution < 1.29 is 9.53 Å². The van der Waals surface area contributed by atoms with Gasteiger partial charge in [0.05, 0.1) is 24.5 Å². The van der Waals surface area contributed by atoms with Crippen LogP contribution >= 0.6 is 0 Å². The summed E-state index contributed by atoms with van der Waals surface area (Å²) in [6.07, 6.45) is 0. The van der Waals surface area contributed by atoms with Gasteiger partial charge in [-0.25, -0.2) is 0 Å². The normalized spacial score (nSPS) is 10.9. The van der Waals surface area contributed by atoms with Crippen LogP contribution in [0.4, 0.5) is 0 Å². The fraction of sp³-hybridized carbons (Fsp3) is 0.667. The van der Waals surface area contributed by atoms with E-state index in [1.165, 1.54) is 0 Å². The molecule has 0 fully saturated rings. The molecule has 0 aliphatic carbocycles. The van der Waals surface area contributed by atoms with Crippen molar-refractivity contribution in [3.05, 3.63) is 17.0 Å². The highest BCUT2D eigenvalue weighted by molar-refractivity contribution is 5.96. The molecule has 0 radical (unpaired) electrons. The monoisotopic (exact) mass is 254 g/mol. The van der Waals surface area contributed by atoms with Gasteiger partial charge in [0.25, 0.3) is 5.91 Å². The smallest absolute Gasteiger partial charge is 0.255 e. The van der Waals surface area contributed by atoms with Gasteiger partial charge in [-0.2, -0.15) is 5.10 Å². The maximum atomic E-state index is 11.9. The molecule has 18 heavy (non-hydrogen) atoms. The highest BCUT2D eigenvalue weighted by Crippen LogP contribution is 2.08. The number of nitrogens with zero attached hydrogens (tertiary/aromatic N) is 2. The molecule has 0 saturated carbocycles. The van der Waals surface area contributed by atoms with E-state index in [2.05, 4.69) is 20.4 Å². The maximum Gasteiger partial charge on any atom is 0.255 e. The van der Waals surface area contributed by atoms with Crippen molar-refractivity contribution in [2.45, 2.75) is 13.8 Å². The highest BCUT2D eigenvalue weighted by Gasteiger charge is 2.14. The number of carbonyl (C=O) groups excluding carboxylic acids is 1. The van der Waals surface area contributed by atoms with Crippen molar-refractivity contribution in [2.75, 3.05) is 40.4 Å². The third-order valence-corrected chi connectivity index (χ3v) is 2.57. The van der Waals surface area contributed by atoms with Crippen LogP contribution in [0.3, 0.4) is 0 Å². The lowest BCUT2D eigenvalue weighted by Gasteiger charge is -2.10. The van der Waals surface area contributed by atoms with E-state index in [0.717, 1.165) is 17.9 Å².